The van der Waals surface area contributed by atoms with Gasteiger partial charge in [-0.15, -0.1) is 0 Å². The van der Waals surface area contributed by atoms with Gasteiger partial charge >= 0.3 is 0 Å². The average molecular weight is 222 g/mol. The van der Waals surface area contributed by atoms with Gasteiger partial charge in [0.25, 0.3) is 6.01 Å². The summed E-state index contributed by atoms with van der Waals surface area (Å²) in [5.41, 5.74) is 1.95. The van der Waals surface area contributed by atoms with E-state index < -0.39 is 6.01 Å². The standard InChI is InChI=1S/C13H15FO2/c1-4-9-12-10(7(2)3)5-8(15)6-11(12)16-13(9)14/h5-7,15H,4H2,1-3H3. The van der Waals surface area contributed by atoms with E-state index in [2.05, 4.69) is 0 Å². The molecule has 0 aliphatic carbocycles. The smallest absolute Gasteiger partial charge is 0.282 e. The lowest BCUT2D eigenvalue weighted by Gasteiger charge is -2.08. The van der Waals surface area contributed by atoms with Gasteiger partial charge in [-0.3, -0.25) is 0 Å². The highest BCUT2D eigenvalue weighted by molar-refractivity contribution is 5.86. The molecule has 16 heavy (non-hydrogen) atoms. The first-order valence-electron chi connectivity index (χ1n) is 5.48. The molecule has 0 fully saturated rings. The second-order valence-corrected chi connectivity index (χ2v) is 4.27. The molecule has 0 radical (unpaired) electrons. The molecule has 1 aromatic carbocycles. The van der Waals surface area contributed by atoms with E-state index >= 15 is 0 Å². The minimum atomic E-state index is -0.537. The summed E-state index contributed by atoms with van der Waals surface area (Å²) < 4.78 is 18.6. The Bertz CT molecular complexity index is 526. The van der Waals surface area contributed by atoms with Crippen LogP contribution in [-0.4, -0.2) is 5.11 Å². The summed E-state index contributed by atoms with van der Waals surface area (Å²) in [6.07, 6.45) is 0.587. The molecule has 0 atom stereocenters. The Balaban J connectivity index is 2.86. The quantitative estimate of drug-likeness (QED) is 0.834. The molecule has 0 amide bonds. The summed E-state index contributed by atoms with van der Waals surface area (Å²) in [5, 5.41) is 10.4. The summed E-state index contributed by atoms with van der Waals surface area (Å²) in [4.78, 5) is 0. The third kappa shape index (κ3) is 1.56. The maximum absolute atomic E-state index is 13.5. The lowest BCUT2D eigenvalue weighted by molar-refractivity contribution is 0.373. The third-order valence-electron chi connectivity index (χ3n) is 2.83. The Kier molecular flexibility index (Phi) is 2.62. The van der Waals surface area contributed by atoms with Crippen molar-refractivity contribution in [2.75, 3.05) is 0 Å². The average Bonchev–Trinajstić information content (AvgIpc) is 2.51. The van der Waals surface area contributed by atoms with Crippen LogP contribution in [0.3, 0.4) is 0 Å². The highest BCUT2D eigenvalue weighted by atomic mass is 19.1. The first kappa shape index (κ1) is 11.0. The summed E-state index contributed by atoms with van der Waals surface area (Å²) in [5.74, 6) is 0.338. The number of phenols is 1. The lowest BCUT2D eigenvalue weighted by atomic mass is 9.96. The van der Waals surface area contributed by atoms with Crippen molar-refractivity contribution < 1.29 is 13.9 Å². The SMILES string of the molecule is CCc1c(F)oc2cc(O)cc(C(C)C)c12. The zero-order chi connectivity index (χ0) is 11.9. The van der Waals surface area contributed by atoms with Crippen LogP contribution in [0.4, 0.5) is 4.39 Å². The highest BCUT2D eigenvalue weighted by Crippen LogP contribution is 2.35. The van der Waals surface area contributed by atoms with Gasteiger partial charge < -0.3 is 9.52 Å². The van der Waals surface area contributed by atoms with Crippen molar-refractivity contribution in [1.29, 1.82) is 0 Å². The van der Waals surface area contributed by atoms with Crippen molar-refractivity contribution >= 4 is 11.0 Å². The van der Waals surface area contributed by atoms with Crippen LogP contribution >= 0.6 is 0 Å². The van der Waals surface area contributed by atoms with Crippen LogP contribution in [0.15, 0.2) is 16.5 Å². The maximum atomic E-state index is 13.5. The van der Waals surface area contributed by atoms with Gasteiger partial charge in [-0.05, 0) is 24.0 Å². The molecule has 2 rings (SSSR count). The van der Waals surface area contributed by atoms with Crippen molar-refractivity contribution in [1.82, 2.24) is 0 Å². The Morgan fingerprint density at radius 3 is 2.62 bits per heavy atom. The van der Waals surface area contributed by atoms with E-state index in [1.54, 1.807) is 6.07 Å². The number of aromatic hydroxyl groups is 1. The number of furan rings is 1. The molecule has 0 saturated heterocycles. The predicted octanol–water partition coefficient (Wildman–Crippen LogP) is 3.96. The first-order chi connectivity index (χ1) is 7.54. The number of phenolic OH excluding ortho intramolecular Hbond substituents is 1. The van der Waals surface area contributed by atoms with Crippen molar-refractivity contribution in [2.45, 2.75) is 33.1 Å². The molecule has 0 aliphatic rings. The van der Waals surface area contributed by atoms with Gasteiger partial charge in [0.1, 0.15) is 11.3 Å². The molecule has 2 nitrogen and oxygen atoms in total. The number of hydrogen-bond donors (Lipinski definition) is 1. The van der Waals surface area contributed by atoms with Crippen molar-refractivity contribution in [3.63, 3.8) is 0 Å². The number of rotatable bonds is 2. The molecule has 0 unspecified atom stereocenters. The van der Waals surface area contributed by atoms with E-state index in [0.29, 0.717) is 17.6 Å². The molecule has 3 heteroatoms. The number of aryl methyl sites for hydroxylation is 1. The molecule has 0 aliphatic heterocycles. The normalized spacial score (nSPS) is 11.6. The summed E-state index contributed by atoms with van der Waals surface area (Å²) in [6, 6.07) is 2.61. The van der Waals surface area contributed by atoms with Crippen LogP contribution in [0.1, 0.15) is 37.8 Å². The highest BCUT2D eigenvalue weighted by Gasteiger charge is 2.18. The molecule has 2 aromatic rings. The van der Waals surface area contributed by atoms with Gasteiger partial charge in [-0.2, -0.15) is 4.39 Å². The molecular formula is C13H15FO2. The van der Waals surface area contributed by atoms with E-state index in [9.17, 15) is 9.50 Å². The van der Waals surface area contributed by atoms with Crippen LogP contribution in [0.25, 0.3) is 11.0 Å². The van der Waals surface area contributed by atoms with Crippen molar-refractivity contribution in [2.24, 2.45) is 0 Å². The second kappa shape index (κ2) is 3.81. The van der Waals surface area contributed by atoms with E-state index in [0.717, 1.165) is 10.9 Å². The maximum Gasteiger partial charge on any atom is 0.282 e. The monoisotopic (exact) mass is 222 g/mol. The molecule has 0 spiro atoms. The molecule has 1 N–H and O–H groups in total. The molecule has 0 bridgehead atoms. The molecule has 1 heterocycles. The van der Waals surface area contributed by atoms with Crippen molar-refractivity contribution in [3.05, 3.63) is 29.3 Å². The largest absolute Gasteiger partial charge is 0.508 e. The summed E-state index contributed by atoms with van der Waals surface area (Å²) in [6.45, 7) is 5.92. The number of fused-ring (bicyclic) bond motifs is 1. The Labute approximate surface area is 93.7 Å². The van der Waals surface area contributed by atoms with E-state index in [1.165, 1.54) is 6.07 Å². The minimum absolute atomic E-state index is 0.118. The Morgan fingerprint density at radius 1 is 1.38 bits per heavy atom. The predicted molar refractivity (Wildman–Crippen MR) is 61.3 cm³/mol. The zero-order valence-corrected chi connectivity index (χ0v) is 9.67. The fourth-order valence-corrected chi connectivity index (χ4v) is 2.05. The number of benzene rings is 1. The Morgan fingerprint density at radius 2 is 2.06 bits per heavy atom. The third-order valence-corrected chi connectivity index (χ3v) is 2.83. The van der Waals surface area contributed by atoms with Gasteiger partial charge in [-0.25, -0.2) is 0 Å². The van der Waals surface area contributed by atoms with Crippen LogP contribution in [0.2, 0.25) is 0 Å². The summed E-state index contributed by atoms with van der Waals surface area (Å²) in [7, 11) is 0. The fraction of sp³-hybridized carbons (Fsp3) is 0.385. The number of halogens is 1. The van der Waals surface area contributed by atoms with Crippen LogP contribution < -0.4 is 0 Å². The van der Waals surface area contributed by atoms with Gasteiger partial charge in [0.05, 0.1) is 0 Å². The fourth-order valence-electron chi connectivity index (χ4n) is 2.05. The zero-order valence-electron chi connectivity index (χ0n) is 9.67. The molecular weight excluding hydrogens is 207 g/mol. The van der Waals surface area contributed by atoms with Crippen molar-refractivity contribution in [3.8, 4) is 5.75 Å². The van der Waals surface area contributed by atoms with Crippen LogP contribution in [-0.2, 0) is 6.42 Å². The number of hydrogen-bond acceptors (Lipinski definition) is 2. The van der Waals surface area contributed by atoms with E-state index in [-0.39, 0.29) is 11.7 Å². The molecule has 86 valence electrons. The molecule has 1 aromatic heterocycles. The first-order valence-corrected chi connectivity index (χ1v) is 5.48. The van der Waals surface area contributed by atoms with E-state index in [1.807, 2.05) is 20.8 Å². The van der Waals surface area contributed by atoms with E-state index in [4.69, 9.17) is 4.42 Å². The molecule has 0 saturated carbocycles. The Hall–Kier alpha value is -1.51. The van der Waals surface area contributed by atoms with Gasteiger partial charge in [0.2, 0.25) is 0 Å². The van der Waals surface area contributed by atoms with Crippen LogP contribution in [0, 0.1) is 6.01 Å². The minimum Gasteiger partial charge on any atom is -0.508 e. The second-order valence-electron chi connectivity index (χ2n) is 4.27. The van der Waals surface area contributed by atoms with Gasteiger partial charge in [-0.1, -0.05) is 20.8 Å². The lowest BCUT2D eigenvalue weighted by Crippen LogP contribution is -1.91. The van der Waals surface area contributed by atoms with Crippen LogP contribution in [0.5, 0.6) is 5.75 Å². The summed E-state index contributed by atoms with van der Waals surface area (Å²) >= 11 is 0. The topological polar surface area (TPSA) is 33.4 Å². The van der Waals surface area contributed by atoms with Gasteiger partial charge in [0, 0.05) is 17.0 Å². The van der Waals surface area contributed by atoms with Gasteiger partial charge in [0.15, 0.2) is 0 Å².